The first kappa shape index (κ1) is 23.0. The van der Waals surface area contributed by atoms with E-state index in [1.54, 1.807) is 24.8 Å². The Kier molecular flexibility index (Phi) is 6.16. The predicted octanol–water partition coefficient (Wildman–Crippen LogP) is 4.20. The second-order valence-electron chi connectivity index (χ2n) is 9.42. The van der Waals surface area contributed by atoms with E-state index < -0.39 is 0 Å². The van der Waals surface area contributed by atoms with Gasteiger partial charge in [0, 0.05) is 29.6 Å². The SMILES string of the molecule is COc1nc(C)c(C)cc1Nc1ncnc2sc3c(c12)CCC(C(=O)N1CC(C)OC(C)C1)C3. The summed E-state index contributed by atoms with van der Waals surface area (Å²) in [5.41, 5.74) is 4.05. The second-order valence-corrected chi connectivity index (χ2v) is 10.5. The van der Waals surface area contributed by atoms with Crippen molar-refractivity contribution in [2.24, 2.45) is 5.92 Å². The van der Waals surface area contributed by atoms with Crippen LogP contribution in [-0.4, -0.2) is 58.2 Å². The van der Waals surface area contributed by atoms with Gasteiger partial charge in [0.1, 0.15) is 22.7 Å². The highest BCUT2D eigenvalue weighted by Crippen LogP contribution is 2.41. The zero-order chi connectivity index (χ0) is 24.0. The minimum Gasteiger partial charge on any atom is -0.480 e. The number of amides is 1. The van der Waals surface area contributed by atoms with E-state index in [4.69, 9.17) is 9.47 Å². The van der Waals surface area contributed by atoms with E-state index in [0.717, 1.165) is 52.2 Å². The Hall–Kier alpha value is -2.78. The van der Waals surface area contributed by atoms with Crippen molar-refractivity contribution in [2.45, 2.75) is 59.2 Å². The minimum atomic E-state index is 0.00599. The van der Waals surface area contributed by atoms with E-state index in [9.17, 15) is 4.79 Å². The van der Waals surface area contributed by atoms with Gasteiger partial charge < -0.3 is 19.7 Å². The number of nitrogens with one attached hydrogen (secondary N) is 1. The predicted molar refractivity (Wildman–Crippen MR) is 133 cm³/mol. The molecular weight excluding hydrogens is 450 g/mol. The van der Waals surface area contributed by atoms with Gasteiger partial charge in [0.05, 0.1) is 24.7 Å². The Morgan fingerprint density at radius 2 is 2.00 bits per heavy atom. The molecule has 5 rings (SSSR count). The molecule has 34 heavy (non-hydrogen) atoms. The molecule has 1 saturated heterocycles. The highest BCUT2D eigenvalue weighted by molar-refractivity contribution is 7.19. The zero-order valence-electron chi connectivity index (χ0n) is 20.3. The van der Waals surface area contributed by atoms with Crippen molar-refractivity contribution in [1.82, 2.24) is 19.9 Å². The molecule has 1 N–H and O–H groups in total. The number of nitrogens with zero attached hydrogens (tertiary/aromatic N) is 4. The minimum absolute atomic E-state index is 0.00599. The molecule has 0 spiro atoms. The van der Waals surface area contributed by atoms with Gasteiger partial charge in [0.25, 0.3) is 0 Å². The number of methoxy groups -OCH3 is 1. The van der Waals surface area contributed by atoms with E-state index in [2.05, 4.69) is 20.3 Å². The lowest BCUT2D eigenvalue weighted by Gasteiger charge is -2.37. The Morgan fingerprint density at radius 1 is 1.24 bits per heavy atom. The molecule has 3 unspecified atom stereocenters. The molecule has 2 aliphatic rings. The van der Waals surface area contributed by atoms with Crippen molar-refractivity contribution in [3.8, 4) is 5.88 Å². The summed E-state index contributed by atoms with van der Waals surface area (Å²) in [5, 5.41) is 4.49. The molecule has 1 aliphatic heterocycles. The molecule has 180 valence electrons. The normalized spacial score (nSPS) is 22.5. The Morgan fingerprint density at radius 3 is 2.74 bits per heavy atom. The largest absolute Gasteiger partial charge is 0.480 e. The van der Waals surface area contributed by atoms with Gasteiger partial charge in [-0.15, -0.1) is 11.3 Å². The Labute approximate surface area is 203 Å². The molecule has 3 aromatic rings. The summed E-state index contributed by atoms with van der Waals surface area (Å²) in [4.78, 5) is 31.2. The van der Waals surface area contributed by atoms with Crippen molar-refractivity contribution in [3.63, 3.8) is 0 Å². The van der Waals surface area contributed by atoms with Crippen LogP contribution in [0.15, 0.2) is 12.4 Å². The fraction of sp³-hybridized carbons (Fsp3) is 0.520. The molecule has 1 fully saturated rings. The summed E-state index contributed by atoms with van der Waals surface area (Å²) in [6, 6.07) is 2.03. The van der Waals surface area contributed by atoms with Crippen LogP contribution >= 0.6 is 11.3 Å². The molecule has 1 amide bonds. The van der Waals surface area contributed by atoms with Crippen LogP contribution in [0.3, 0.4) is 0 Å². The molecule has 9 heteroatoms. The highest BCUT2D eigenvalue weighted by Gasteiger charge is 2.34. The number of carbonyl (C=O) groups is 1. The molecule has 0 saturated carbocycles. The topological polar surface area (TPSA) is 89.5 Å². The van der Waals surface area contributed by atoms with E-state index in [1.165, 1.54) is 10.4 Å². The first-order valence-corrected chi connectivity index (χ1v) is 12.6. The average Bonchev–Trinajstić information content (AvgIpc) is 3.18. The summed E-state index contributed by atoms with van der Waals surface area (Å²) in [6.07, 6.45) is 4.18. The molecule has 1 aliphatic carbocycles. The number of morpholine rings is 1. The van der Waals surface area contributed by atoms with Crippen LogP contribution < -0.4 is 10.1 Å². The van der Waals surface area contributed by atoms with Crippen LogP contribution in [0.2, 0.25) is 0 Å². The number of ether oxygens (including phenoxy) is 2. The fourth-order valence-corrected chi connectivity index (χ4v) is 6.35. The quantitative estimate of drug-likeness (QED) is 0.597. The fourth-order valence-electron chi connectivity index (χ4n) is 5.09. The number of pyridine rings is 1. The van der Waals surface area contributed by atoms with Crippen LogP contribution in [0, 0.1) is 19.8 Å². The summed E-state index contributed by atoms with van der Waals surface area (Å²) in [6.45, 7) is 9.41. The maximum Gasteiger partial charge on any atom is 0.237 e. The molecule has 3 atom stereocenters. The van der Waals surface area contributed by atoms with Gasteiger partial charge in [-0.05, 0) is 64.2 Å². The van der Waals surface area contributed by atoms with Gasteiger partial charge in [-0.3, -0.25) is 4.79 Å². The van der Waals surface area contributed by atoms with Crippen LogP contribution in [0.4, 0.5) is 11.5 Å². The van der Waals surface area contributed by atoms with Gasteiger partial charge in [-0.25, -0.2) is 15.0 Å². The van der Waals surface area contributed by atoms with Crippen molar-refractivity contribution in [3.05, 3.63) is 34.1 Å². The number of hydrogen-bond acceptors (Lipinski definition) is 8. The lowest BCUT2D eigenvalue weighted by atomic mass is 9.86. The van der Waals surface area contributed by atoms with Crippen LogP contribution in [0.1, 0.15) is 42.0 Å². The van der Waals surface area contributed by atoms with Crippen LogP contribution in [-0.2, 0) is 22.4 Å². The molecule has 0 bridgehead atoms. The van der Waals surface area contributed by atoms with Crippen molar-refractivity contribution in [1.29, 1.82) is 0 Å². The Balaban J connectivity index is 1.43. The van der Waals surface area contributed by atoms with E-state index >= 15 is 0 Å². The van der Waals surface area contributed by atoms with Gasteiger partial charge in [-0.2, -0.15) is 0 Å². The lowest BCUT2D eigenvalue weighted by Crippen LogP contribution is -2.50. The average molecular weight is 482 g/mol. The number of carbonyl (C=O) groups excluding carboxylic acids is 1. The number of fused-ring (bicyclic) bond motifs is 3. The monoisotopic (exact) mass is 481 g/mol. The number of anilines is 2. The molecule has 0 radical (unpaired) electrons. The maximum atomic E-state index is 13.3. The number of aromatic nitrogens is 3. The van der Waals surface area contributed by atoms with E-state index in [-0.39, 0.29) is 24.0 Å². The smallest absolute Gasteiger partial charge is 0.237 e. The first-order chi connectivity index (χ1) is 16.3. The number of thiophene rings is 1. The Bertz CT molecular complexity index is 1230. The highest BCUT2D eigenvalue weighted by atomic mass is 32.1. The number of rotatable bonds is 4. The lowest BCUT2D eigenvalue weighted by molar-refractivity contribution is -0.147. The summed E-state index contributed by atoms with van der Waals surface area (Å²) < 4.78 is 11.3. The standard InChI is InChI=1S/C25H31N5O3S/c1-13-8-19(23(32-5)28-16(13)4)29-22-21-18-7-6-17(9-20(18)34-24(21)27-12-26-22)25(31)30-10-14(2)33-15(3)11-30/h8,12,14-15,17H,6-7,9-11H2,1-5H3,(H,26,27,29). The van der Waals surface area contributed by atoms with Crippen molar-refractivity contribution in [2.75, 3.05) is 25.5 Å². The van der Waals surface area contributed by atoms with Gasteiger partial charge in [0.15, 0.2) is 0 Å². The van der Waals surface area contributed by atoms with Gasteiger partial charge in [0.2, 0.25) is 11.8 Å². The molecule has 8 nitrogen and oxygen atoms in total. The first-order valence-electron chi connectivity index (χ1n) is 11.8. The van der Waals surface area contributed by atoms with Crippen molar-refractivity contribution < 1.29 is 14.3 Å². The third-order valence-corrected chi connectivity index (χ3v) is 7.97. The molecule has 4 heterocycles. The number of aryl methyl sites for hydroxylation is 3. The van der Waals surface area contributed by atoms with Crippen LogP contribution in [0.25, 0.3) is 10.2 Å². The molecule has 0 aromatic carbocycles. The van der Waals surface area contributed by atoms with Crippen molar-refractivity contribution >= 4 is 39.0 Å². The van der Waals surface area contributed by atoms with E-state index in [1.807, 2.05) is 38.7 Å². The molecular formula is C25H31N5O3S. The summed E-state index contributed by atoms with van der Waals surface area (Å²) in [5.74, 6) is 1.55. The third-order valence-electron chi connectivity index (χ3n) is 6.80. The summed E-state index contributed by atoms with van der Waals surface area (Å²) >= 11 is 1.68. The second kappa shape index (κ2) is 9.11. The van der Waals surface area contributed by atoms with Gasteiger partial charge >= 0.3 is 0 Å². The zero-order valence-corrected chi connectivity index (χ0v) is 21.2. The number of hydrogen-bond donors (Lipinski definition) is 1. The third kappa shape index (κ3) is 4.22. The maximum absolute atomic E-state index is 13.3. The van der Waals surface area contributed by atoms with E-state index in [0.29, 0.717) is 19.0 Å². The molecule has 3 aromatic heterocycles. The summed E-state index contributed by atoms with van der Waals surface area (Å²) in [7, 11) is 1.62. The van der Waals surface area contributed by atoms with Crippen LogP contribution in [0.5, 0.6) is 5.88 Å². The van der Waals surface area contributed by atoms with Gasteiger partial charge in [-0.1, -0.05) is 0 Å².